The largest absolute Gasteiger partial charge is 0.472 e. The van der Waals surface area contributed by atoms with Crippen LogP contribution in [0.4, 0.5) is 0 Å². The summed E-state index contributed by atoms with van der Waals surface area (Å²) in [5.41, 5.74) is 0. The van der Waals surface area contributed by atoms with Crippen LogP contribution in [0.5, 0.6) is 5.88 Å². The molecule has 5 heteroatoms. The molecule has 0 saturated heterocycles. The summed E-state index contributed by atoms with van der Waals surface area (Å²) in [4.78, 5) is 11.1. The minimum atomic E-state index is 0.219. The summed E-state index contributed by atoms with van der Waals surface area (Å²) in [6.07, 6.45) is 7.66. The fourth-order valence-electron chi connectivity index (χ4n) is 2.86. The van der Waals surface area contributed by atoms with Crippen molar-refractivity contribution in [2.24, 2.45) is 0 Å². The Balaban J connectivity index is 1.87. The number of aromatic nitrogens is 2. The summed E-state index contributed by atoms with van der Waals surface area (Å²) in [5.74, 6) is 0.748. The molecule has 2 aromatic rings. The molecule has 1 aliphatic carbocycles. The molecule has 2 atom stereocenters. The van der Waals surface area contributed by atoms with Gasteiger partial charge in [-0.15, -0.1) is 11.3 Å². The van der Waals surface area contributed by atoms with Crippen LogP contribution in [0.15, 0.2) is 12.4 Å². The second kappa shape index (κ2) is 6.06. The Hall–Kier alpha value is -1.20. The van der Waals surface area contributed by atoms with Gasteiger partial charge in [-0.05, 0) is 38.8 Å². The van der Waals surface area contributed by atoms with Gasteiger partial charge in [0.15, 0.2) is 0 Å². The van der Waals surface area contributed by atoms with E-state index in [1.165, 1.54) is 24.1 Å². The third kappa shape index (κ3) is 2.65. The Morgan fingerprint density at radius 3 is 3.00 bits per heavy atom. The van der Waals surface area contributed by atoms with E-state index >= 15 is 0 Å². The molecule has 2 aromatic heterocycles. The molecular formula is C15H21N3OS. The van der Waals surface area contributed by atoms with Gasteiger partial charge in [-0.3, -0.25) is 0 Å². The standard InChI is InChI=1S/C15H21N3OS/c1-3-10-8-11-14(17-9-18-15(11)20-10)19-13-7-5-4-6-12(13)16-2/h8-9,12-13,16H,3-7H2,1-2H3. The SMILES string of the molecule is CCc1cc2c(OC3CCCCC3NC)ncnc2s1. The normalized spacial score (nSPS) is 23.1. The van der Waals surface area contributed by atoms with E-state index in [2.05, 4.69) is 28.3 Å². The molecule has 0 aromatic carbocycles. The van der Waals surface area contributed by atoms with Crippen molar-refractivity contribution in [3.05, 3.63) is 17.3 Å². The Kier molecular flexibility index (Phi) is 4.17. The maximum absolute atomic E-state index is 6.22. The molecule has 1 N–H and O–H groups in total. The van der Waals surface area contributed by atoms with Gasteiger partial charge in [0.1, 0.15) is 17.3 Å². The number of nitrogens with zero attached hydrogens (tertiary/aromatic N) is 2. The van der Waals surface area contributed by atoms with Crippen LogP contribution in [-0.2, 0) is 6.42 Å². The summed E-state index contributed by atoms with van der Waals surface area (Å²) >= 11 is 1.73. The molecule has 1 fully saturated rings. The predicted molar refractivity (Wildman–Crippen MR) is 82.5 cm³/mol. The van der Waals surface area contributed by atoms with Crippen LogP contribution in [0, 0.1) is 0 Å². The molecule has 20 heavy (non-hydrogen) atoms. The molecule has 2 unspecified atom stereocenters. The average Bonchev–Trinajstić information content (AvgIpc) is 2.92. The Labute approximate surface area is 123 Å². The molecule has 0 amide bonds. The molecule has 108 valence electrons. The molecular weight excluding hydrogens is 270 g/mol. The summed E-state index contributed by atoms with van der Waals surface area (Å²) in [6.45, 7) is 2.16. The van der Waals surface area contributed by atoms with Crippen LogP contribution < -0.4 is 10.1 Å². The second-order valence-corrected chi connectivity index (χ2v) is 6.42. The van der Waals surface area contributed by atoms with E-state index < -0.39 is 0 Å². The highest BCUT2D eigenvalue weighted by molar-refractivity contribution is 7.18. The molecule has 1 aliphatic rings. The van der Waals surface area contributed by atoms with E-state index in [4.69, 9.17) is 4.74 Å². The molecule has 1 saturated carbocycles. The van der Waals surface area contributed by atoms with E-state index in [0.717, 1.165) is 28.9 Å². The fraction of sp³-hybridized carbons (Fsp3) is 0.600. The predicted octanol–water partition coefficient (Wildman–Crippen LogP) is 3.16. The summed E-state index contributed by atoms with van der Waals surface area (Å²) in [5, 5.41) is 4.44. The van der Waals surface area contributed by atoms with Crippen molar-refractivity contribution in [2.75, 3.05) is 7.05 Å². The third-order valence-corrected chi connectivity index (χ3v) is 5.22. The van der Waals surface area contributed by atoms with Crippen molar-refractivity contribution in [3.8, 4) is 5.88 Å². The number of hydrogen-bond acceptors (Lipinski definition) is 5. The van der Waals surface area contributed by atoms with Crippen LogP contribution in [0.2, 0.25) is 0 Å². The topological polar surface area (TPSA) is 47.0 Å². The first-order chi connectivity index (χ1) is 9.81. The van der Waals surface area contributed by atoms with Gasteiger partial charge in [0, 0.05) is 10.9 Å². The summed E-state index contributed by atoms with van der Waals surface area (Å²) in [7, 11) is 2.02. The zero-order chi connectivity index (χ0) is 13.9. The number of aryl methyl sites for hydroxylation is 1. The van der Waals surface area contributed by atoms with E-state index in [9.17, 15) is 0 Å². The van der Waals surface area contributed by atoms with Crippen molar-refractivity contribution in [3.63, 3.8) is 0 Å². The van der Waals surface area contributed by atoms with Gasteiger partial charge in [-0.1, -0.05) is 13.3 Å². The van der Waals surface area contributed by atoms with E-state index in [1.54, 1.807) is 17.7 Å². The van der Waals surface area contributed by atoms with Crippen LogP contribution >= 0.6 is 11.3 Å². The van der Waals surface area contributed by atoms with Crippen LogP contribution in [0.3, 0.4) is 0 Å². The van der Waals surface area contributed by atoms with Gasteiger partial charge >= 0.3 is 0 Å². The van der Waals surface area contributed by atoms with Crippen molar-refractivity contribution >= 4 is 21.6 Å². The maximum Gasteiger partial charge on any atom is 0.225 e. The van der Waals surface area contributed by atoms with Gasteiger partial charge in [0.25, 0.3) is 0 Å². The Morgan fingerprint density at radius 2 is 2.20 bits per heavy atom. The second-order valence-electron chi connectivity index (χ2n) is 5.30. The Bertz CT molecular complexity index is 584. The molecule has 4 nitrogen and oxygen atoms in total. The molecule has 0 spiro atoms. The number of rotatable bonds is 4. The van der Waals surface area contributed by atoms with Crippen molar-refractivity contribution < 1.29 is 4.74 Å². The van der Waals surface area contributed by atoms with Crippen molar-refractivity contribution in [1.82, 2.24) is 15.3 Å². The van der Waals surface area contributed by atoms with Gasteiger partial charge in [0.2, 0.25) is 5.88 Å². The lowest BCUT2D eigenvalue weighted by atomic mass is 9.92. The van der Waals surface area contributed by atoms with E-state index in [-0.39, 0.29) is 6.10 Å². The first kappa shape index (κ1) is 13.8. The highest BCUT2D eigenvalue weighted by Gasteiger charge is 2.26. The smallest absolute Gasteiger partial charge is 0.225 e. The number of fused-ring (bicyclic) bond motifs is 1. The number of thiophene rings is 1. The first-order valence-electron chi connectivity index (χ1n) is 7.39. The van der Waals surface area contributed by atoms with Crippen LogP contribution in [0.1, 0.15) is 37.5 Å². The lowest BCUT2D eigenvalue weighted by molar-refractivity contribution is 0.114. The minimum absolute atomic E-state index is 0.219. The summed E-state index contributed by atoms with van der Waals surface area (Å²) < 4.78 is 6.22. The maximum atomic E-state index is 6.22. The number of ether oxygens (including phenoxy) is 1. The fourth-order valence-corrected chi connectivity index (χ4v) is 3.79. The molecule has 2 heterocycles. The summed E-state index contributed by atoms with van der Waals surface area (Å²) in [6, 6.07) is 2.60. The molecule has 0 radical (unpaired) electrons. The third-order valence-electron chi connectivity index (χ3n) is 4.03. The first-order valence-corrected chi connectivity index (χ1v) is 8.20. The average molecular weight is 291 g/mol. The van der Waals surface area contributed by atoms with Gasteiger partial charge < -0.3 is 10.1 Å². The van der Waals surface area contributed by atoms with E-state index in [0.29, 0.717) is 6.04 Å². The zero-order valence-corrected chi connectivity index (χ0v) is 12.9. The van der Waals surface area contributed by atoms with Crippen molar-refractivity contribution in [2.45, 2.75) is 51.2 Å². The monoisotopic (exact) mass is 291 g/mol. The molecule has 0 bridgehead atoms. The Morgan fingerprint density at radius 1 is 1.35 bits per heavy atom. The van der Waals surface area contributed by atoms with E-state index in [1.807, 2.05) is 7.05 Å². The lowest BCUT2D eigenvalue weighted by Gasteiger charge is -2.31. The van der Waals surface area contributed by atoms with Gasteiger partial charge in [0.05, 0.1) is 5.39 Å². The highest BCUT2D eigenvalue weighted by atomic mass is 32.1. The zero-order valence-electron chi connectivity index (χ0n) is 12.1. The van der Waals surface area contributed by atoms with Crippen molar-refractivity contribution in [1.29, 1.82) is 0 Å². The highest BCUT2D eigenvalue weighted by Crippen LogP contribution is 2.32. The van der Waals surface area contributed by atoms with Gasteiger partial charge in [-0.2, -0.15) is 0 Å². The molecule has 3 rings (SSSR count). The number of hydrogen-bond donors (Lipinski definition) is 1. The van der Waals surface area contributed by atoms with Gasteiger partial charge in [-0.25, -0.2) is 9.97 Å². The minimum Gasteiger partial charge on any atom is -0.472 e. The lowest BCUT2D eigenvalue weighted by Crippen LogP contribution is -2.43. The molecule has 0 aliphatic heterocycles. The quantitative estimate of drug-likeness (QED) is 0.940. The number of likely N-dealkylation sites (N-methyl/N-ethyl adjacent to an activating group) is 1. The van der Waals surface area contributed by atoms with Crippen LogP contribution in [-0.4, -0.2) is 29.2 Å². The number of nitrogens with one attached hydrogen (secondary N) is 1. The van der Waals surface area contributed by atoms with Crippen LogP contribution in [0.25, 0.3) is 10.2 Å².